The second-order valence-electron chi connectivity index (χ2n) is 5.33. The van der Waals surface area contributed by atoms with Crippen molar-refractivity contribution in [3.05, 3.63) is 30.0 Å². The van der Waals surface area contributed by atoms with Crippen LogP contribution in [0.15, 0.2) is 24.4 Å². The highest BCUT2D eigenvalue weighted by molar-refractivity contribution is 6.01. The van der Waals surface area contributed by atoms with E-state index in [0.29, 0.717) is 42.2 Å². The van der Waals surface area contributed by atoms with Gasteiger partial charge in [0.2, 0.25) is 5.88 Å². The van der Waals surface area contributed by atoms with Crippen LogP contribution in [0.1, 0.15) is 16.8 Å². The van der Waals surface area contributed by atoms with E-state index >= 15 is 0 Å². The summed E-state index contributed by atoms with van der Waals surface area (Å²) in [6.45, 7) is 0.696. The molecule has 0 radical (unpaired) electrons. The van der Waals surface area contributed by atoms with Crippen molar-refractivity contribution in [2.75, 3.05) is 20.3 Å². The first-order valence-corrected chi connectivity index (χ1v) is 7.41. The van der Waals surface area contributed by atoms with Gasteiger partial charge in [0.1, 0.15) is 12.4 Å². The zero-order valence-electron chi connectivity index (χ0n) is 13.1. The van der Waals surface area contributed by atoms with Crippen LogP contribution in [0.4, 0.5) is 4.79 Å². The SMILES string of the molecule is COc1cc2c(OCC[C@@H]3COC(=O)N3)nccc2cc1C(N)=O. The number of hydrogen-bond acceptors (Lipinski definition) is 6. The fourth-order valence-electron chi connectivity index (χ4n) is 2.53. The molecule has 0 aliphatic carbocycles. The lowest BCUT2D eigenvalue weighted by Gasteiger charge is -2.12. The summed E-state index contributed by atoms with van der Waals surface area (Å²) in [5, 5.41) is 4.17. The minimum Gasteiger partial charge on any atom is -0.496 e. The van der Waals surface area contributed by atoms with Crippen LogP contribution in [-0.2, 0) is 4.74 Å². The number of nitrogens with one attached hydrogen (secondary N) is 1. The Morgan fingerprint density at radius 1 is 1.50 bits per heavy atom. The highest BCUT2D eigenvalue weighted by Gasteiger charge is 2.22. The zero-order chi connectivity index (χ0) is 17.1. The van der Waals surface area contributed by atoms with Crippen LogP contribution in [0.3, 0.4) is 0 Å². The number of amides is 2. The number of alkyl carbamates (subject to hydrolysis) is 1. The maximum Gasteiger partial charge on any atom is 0.407 e. The molecule has 3 rings (SSSR count). The van der Waals surface area contributed by atoms with Gasteiger partial charge < -0.3 is 25.3 Å². The van der Waals surface area contributed by atoms with E-state index in [-0.39, 0.29) is 6.04 Å². The van der Waals surface area contributed by atoms with Gasteiger partial charge in [-0.3, -0.25) is 4.79 Å². The number of nitrogens with two attached hydrogens (primary N) is 1. The maximum absolute atomic E-state index is 11.5. The lowest BCUT2D eigenvalue weighted by atomic mass is 10.1. The van der Waals surface area contributed by atoms with Gasteiger partial charge in [-0.1, -0.05) is 0 Å². The molecule has 1 fully saturated rings. The molecule has 1 saturated heterocycles. The van der Waals surface area contributed by atoms with E-state index in [4.69, 9.17) is 19.9 Å². The lowest BCUT2D eigenvalue weighted by molar-refractivity contribution is 0.0997. The number of benzene rings is 1. The lowest BCUT2D eigenvalue weighted by Crippen LogP contribution is -2.27. The summed E-state index contributed by atoms with van der Waals surface area (Å²) in [6.07, 6.45) is 1.78. The zero-order valence-corrected chi connectivity index (χ0v) is 13.1. The summed E-state index contributed by atoms with van der Waals surface area (Å²) in [7, 11) is 1.47. The molecule has 0 unspecified atom stereocenters. The fourth-order valence-corrected chi connectivity index (χ4v) is 2.53. The molecule has 0 saturated carbocycles. The molecule has 8 nitrogen and oxygen atoms in total. The van der Waals surface area contributed by atoms with E-state index in [1.807, 2.05) is 0 Å². The molecule has 1 aromatic heterocycles. The smallest absolute Gasteiger partial charge is 0.407 e. The first kappa shape index (κ1) is 15.9. The summed E-state index contributed by atoms with van der Waals surface area (Å²) in [4.78, 5) is 26.7. The van der Waals surface area contributed by atoms with Crippen molar-refractivity contribution in [1.82, 2.24) is 10.3 Å². The minimum absolute atomic E-state index is 0.0662. The van der Waals surface area contributed by atoms with Crippen LogP contribution in [-0.4, -0.2) is 43.3 Å². The van der Waals surface area contributed by atoms with Gasteiger partial charge in [0.25, 0.3) is 5.91 Å². The van der Waals surface area contributed by atoms with Crippen LogP contribution in [0.2, 0.25) is 0 Å². The number of carbonyl (C=O) groups is 2. The minimum atomic E-state index is -0.565. The van der Waals surface area contributed by atoms with Crippen molar-refractivity contribution in [2.24, 2.45) is 5.73 Å². The van der Waals surface area contributed by atoms with Crippen molar-refractivity contribution in [1.29, 1.82) is 0 Å². The number of nitrogens with zero attached hydrogens (tertiary/aromatic N) is 1. The number of cyclic esters (lactones) is 1. The Hall–Kier alpha value is -3.03. The molecule has 1 aliphatic heterocycles. The van der Waals surface area contributed by atoms with Crippen molar-refractivity contribution in [2.45, 2.75) is 12.5 Å². The number of fused-ring (bicyclic) bond motifs is 1. The van der Waals surface area contributed by atoms with E-state index in [0.717, 1.165) is 5.39 Å². The van der Waals surface area contributed by atoms with Gasteiger partial charge in [0.05, 0.1) is 25.3 Å². The summed E-state index contributed by atoms with van der Waals surface area (Å²) in [5.74, 6) is 0.223. The monoisotopic (exact) mass is 331 g/mol. The molecule has 1 aromatic carbocycles. The quantitative estimate of drug-likeness (QED) is 0.823. The Kier molecular flexibility index (Phi) is 4.37. The summed E-state index contributed by atoms with van der Waals surface area (Å²) >= 11 is 0. The fraction of sp³-hybridized carbons (Fsp3) is 0.312. The standard InChI is InChI=1S/C16H17N3O5/c1-22-13-7-11-9(6-12(13)14(17)20)2-4-18-15(11)23-5-3-10-8-24-16(21)19-10/h2,4,6-7,10H,3,5,8H2,1H3,(H2,17,20)(H,19,21)/t10-/m1/s1. The number of ether oxygens (including phenoxy) is 3. The van der Waals surface area contributed by atoms with E-state index in [1.54, 1.807) is 24.4 Å². The number of hydrogen-bond donors (Lipinski definition) is 2. The van der Waals surface area contributed by atoms with Crippen molar-refractivity contribution < 1.29 is 23.8 Å². The molecule has 3 N–H and O–H groups in total. The van der Waals surface area contributed by atoms with Crippen LogP contribution in [0.5, 0.6) is 11.6 Å². The molecule has 0 bridgehead atoms. The molecule has 1 atom stereocenters. The molecule has 8 heteroatoms. The number of methoxy groups -OCH3 is 1. The average Bonchev–Trinajstić information content (AvgIpc) is 2.99. The third-order valence-electron chi connectivity index (χ3n) is 3.76. The van der Waals surface area contributed by atoms with Gasteiger partial charge in [0, 0.05) is 18.0 Å². The molecule has 2 heterocycles. The van der Waals surface area contributed by atoms with Gasteiger partial charge in [-0.05, 0) is 23.6 Å². The van der Waals surface area contributed by atoms with Gasteiger partial charge in [0.15, 0.2) is 0 Å². The van der Waals surface area contributed by atoms with Crippen molar-refractivity contribution in [3.63, 3.8) is 0 Å². The largest absolute Gasteiger partial charge is 0.496 e. The number of pyridine rings is 1. The normalized spacial score (nSPS) is 16.5. The Labute approximate surface area is 137 Å². The van der Waals surface area contributed by atoms with E-state index in [9.17, 15) is 9.59 Å². The van der Waals surface area contributed by atoms with Crippen LogP contribution in [0, 0.1) is 0 Å². The number of primary amides is 1. The first-order chi connectivity index (χ1) is 11.6. The van der Waals surface area contributed by atoms with Gasteiger partial charge in [-0.25, -0.2) is 9.78 Å². The second kappa shape index (κ2) is 6.61. The van der Waals surface area contributed by atoms with Crippen molar-refractivity contribution >= 4 is 22.8 Å². The average molecular weight is 331 g/mol. The molecular weight excluding hydrogens is 314 g/mol. The molecule has 1 aliphatic rings. The Bertz CT molecular complexity index is 793. The summed E-state index contributed by atoms with van der Waals surface area (Å²) in [6, 6.07) is 5.02. The van der Waals surface area contributed by atoms with E-state index in [1.165, 1.54) is 7.11 Å². The van der Waals surface area contributed by atoms with Crippen LogP contribution >= 0.6 is 0 Å². The number of carbonyl (C=O) groups excluding carboxylic acids is 2. The first-order valence-electron chi connectivity index (χ1n) is 7.41. The summed E-state index contributed by atoms with van der Waals surface area (Å²) < 4.78 is 15.8. The molecule has 126 valence electrons. The Balaban J connectivity index is 1.80. The number of rotatable bonds is 6. The highest BCUT2D eigenvalue weighted by atomic mass is 16.6. The third kappa shape index (κ3) is 3.17. The summed E-state index contributed by atoms with van der Waals surface area (Å²) in [5.41, 5.74) is 5.67. The third-order valence-corrected chi connectivity index (χ3v) is 3.76. The molecular formula is C16H17N3O5. The van der Waals surface area contributed by atoms with E-state index < -0.39 is 12.0 Å². The highest BCUT2D eigenvalue weighted by Crippen LogP contribution is 2.30. The van der Waals surface area contributed by atoms with Gasteiger partial charge >= 0.3 is 6.09 Å². The molecule has 2 amide bonds. The van der Waals surface area contributed by atoms with Gasteiger partial charge in [-0.2, -0.15) is 0 Å². The maximum atomic E-state index is 11.5. The van der Waals surface area contributed by atoms with Crippen molar-refractivity contribution in [3.8, 4) is 11.6 Å². The second-order valence-corrected chi connectivity index (χ2v) is 5.33. The van der Waals surface area contributed by atoms with Crippen LogP contribution < -0.4 is 20.5 Å². The molecule has 24 heavy (non-hydrogen) atoms. The number of aromatic nitrogens is 1. The van der Waals surface area contributed by atoms with Gasteiger partial charge in [-0.15, -0.1) is 0 Å². The Morgan fingerprint density at radius 2 is 2.33 bits per heavy atom. The van der Waals surface area contributed by atoms with E-state index in [2.05, 4.69) is 10.3 Å². The predicted octanol–water partition coefficient (Wildman–Crippen LogP) is 1.22. The van der Waals surface area contributed by atoms with Crippen LogP contribution in [0.25, 0.3) is 10.8 Å². The topological polar surface area (TPSA) is 113 Å². The predicted molar refractivity (Wildman–Crippen MR) is 85.2 cm³/mol. The molecule has 2 aromatic rings. The molecule has 0 spiro atoms. The Morgan fingerprint density at radius 3 is 3.00 bits per heavy atom.